The van der Waals surface area contributed by atoms with Gasteiger partial charge in [0, 0.05) is 0 Å². The molecule has 1 aromatic heterocycles. The van der Waals surface area contributed by atoms with Crippen LogP contribution in [0, 0.1) is 0 Å². The van der Waals surface area contributed by atoms with E-state index in [-0.39, 0.29) is 0 Å². The molecule has 3 heteroatoms. The van der Waals surface area contributed by atoms with Crippen LogP contribution in [-0.2, 0) is 6.42 Å². The molecule has 0 bridgehead atoms. The van der Waals surface area contributed by atoms with Crippen molar-refractivity contribution in [2.45, 2.75) is 108 Å². The SMILES string of the molecule is CCCC[C](CCCC)(CCCC)[Sn][c]1cccnc1CC(C)(C)O. The van der Waals surface area contributed by atoms with E-state index in [4.69, 9.17) is 0 Å². The van der Waals surface area contributed by atoms with Crippen LogP contribution < -0.4 is 3.58 Å². The normalized spacial score (nSPS) is 12.6. The summed E-state index contributed by atoms with van der Waals surface area (Å²) in [4.78, 5) is 4.67. The predicted octanol–water partition coefficient (Wildman–Crippen LogP) is 5.45. The summed E-state index contributed by atoms with van der Waals surface area (Å²) in [6.45, 7) is 10.8. The molecule has 1 heterocycles. The average Bonchev–Trinajstić information content (AvgIpc) is 2.56. The summed E-state index contributed by atoms with van der Waals surface area (Å²) in [5.41, 5.74) is 0.483. The summed E-state index contributed by atoms with van der Waals surface area (Å²) in [5.74, 6) is 0. The number of rotatable bonds is 13. The van der Waals surface area contributed by atoms with Gasteiger partial charge in [0.05, 0.1) is 0 Å². The number of aliphatic hydroxyl groups is 1. The number of hydrogen-bond acceptors (Lipinski definition) is 2. The monoisotopic (exact) mass is 453 g/mol. The third-order valence-corrected chi connectivity index (χ3v) is 10.6. The molecule has 0 atom stereocenters. The van der Waals surface area contributed by atoms with Gasteiger partial charge in [0.15, 0.2) is 0 Å². The minimum absolute atomic E-state index is 0.572. The Kier molecular flexibility index (Phi) is 10.6. The van der Waals surface area contributed by atoms with Gasteiger partial charge in [-0.15, -0.1) is 0 Å². The van der Waals surface area contributed by atoms with Crippen LogP contribution in [0.5, 0.6) is 0 Å². The van der Waals surface area contributed by atoms with E-state index in [2.05, 4.69) is 37.9 Å². The minimum atomic E-state index is -0.785. The molecule has 142 valence electrons. The molecule has 0 saturated heterocycles. The molecule has 0 aromatic carbocycles. The van der Waals surface area contributed by atoms with Crippen molar-refractivity contribution in [1.82, 2.24) is 4.98 Å². The Bertz CT molecular complexity index is 459. The molecule has 2 radical (unpaired) electrons. The zero-order chi connectivity index (χ0) is 18.8. The third kappa shape index (κ3) is 8.90. The summed E-state index contributed by atoms with van der Waals surface area (Å²) < 4.78 is 2.10. The number of hydrogen-bond donors (Lipinski definition) is 1. The van der Waals surface area contributed by atoms with Crippen molar-refractivity contribution in [3.63, 3.8) is 0 Å². The van der Waals surface area contributed by atoms with Gasteiger partial charge in [0.2, 0.25) is 0 Å². The van der Waals surface area contributed by atoms with Gasteiger partial charge in [-0.3, -0.25) is 0 Å². The van der Waals surface area contributed by atoms with E-state index in [1.165, 1.54) is 61.4 Å². The van der Waals surface area contributed by atoms with Crippen LogP contribution in [0.2, 0.25) is 3.43 Å². The topological polar surface area (TPSA) is 33.1 Å². The van der Waals surface area contributed by atoms with E-state index in [0.717, 1.165) is 5.69 Å². The van der Waals surface area contributed by atoms with Gasteiger partial charge in [-0.2, -0.15) is 0 Å². The Balaban J connectivity index is 3.09. The second kappa shape index (κ2) is 11.6. The second-order valence-corrected chi connectivity index (χ2v) is 13.5. The Morgan fingerprint density at radius 1 is 0.960 bits per heavy atom. The van der Waals surface area contributed by atoms with Gasteiger partial charge < -0.3 is 0 Å². The molecule has 1 aromatic rings. The first-order valence-electron chi connectivity index (χ1n) is 10.3. The van der Waals surface area contributed by atoms with E-state index in [9.17, 15) is 5.11 Å². The standard InChI is InChI=1S/C13H27.C9H12NO.Sn/c1-4-7-10-13(11-8-5-2)12-9-6-3;1-9(2,11)7-8-5-3-4-6-10-8;/h4-12H2,1-3H3;3-4,6,11H,7H2,1-2H3;. The number of nitrogens with zero attached hydrogens (tertiary/aromatic N) is 1. The molecule has 0 saturated carbocycles. The second-order valence-electron chi connectivity index (χ2n) is 8.20. The van der Waals surface area contributed by atoms with Gasteiger partial charge >= 0.3 is 167 Å². The van der Waals surface area contributed by atoms with Crippen LogP contribution in [0.4, 0.5) is 0 Å². The molecule has 0 amide bonds. The zero-order valence-electron chi connectivity index (χ0n) is 17.2. The van der Waals surface area contributed by atoms with Crippen LogP contribution >= 0.6 is 0 Å². The maximum absolute atomic E-state index is 10.3. The Hall–Kier alpha value is -0.0913. The summed E-state index contributed by atoms with van der Waals surface area (Å²) in [7, 11) is 0. The fourth-order valence-corrected chi connectivity index (χ4v) is 9.07. The van der Waals surface area contributed by atoms with Gasteiger partial charge in [-0.25, -0.2) is 0 Å². The van der Waals surface area contributed by atoms with Crippen LogP contribution in [0.3, 0.4) is 0 Å². The first kappa shape index (κ1) is 22.9. The molecular formula is C22H39NOSn. The quantitative estimate of drug-likeness (QED) is 0.404. The average molecular weight is 452 g/mol. The molecule has 25 heavy (non-hydrogen) atoms. The molecule has 0 spiro atoms. The van der Waals surface area contributed by atoms with E-state index in [1.807, 2.05) is 20.0 Å². The molecule has 2 nitrogen and oxygen atoms in total. The summed E-state index contributed by atoms with van der Waals surface area (Å²) in [6.07, 6.45) is 14.7. The first-order valence-corrected chi connectivity index (χ1v) is 13.2. The molecule has 0 unspecified atom stereocenters. The van der Waals surface area contributed by atoms with E-state index >= 15 is 0 Å². The van der Waals surface area contributed by atoms with Crippen molar-refractivity contribution in [2.75, 3.05) is 0 Å². The van der Waals surface area contributed by atoms with Crippen molar-refractivity contribution >= 4 is 24.7 Å². The maximum atomic E-state index is 10.3. The fraction of sp³-hybridized carbons (Fsp3) is 0.773. The van der Waals surface area contributed by atoms with Crippen LogP contribution in [0.25, 0.3) is 0 Å². The summed E-state index contributed by atoms with van der Waals surface area (Å²) in [5, 5.41) is 10.3. The van der Waals surface area contributed by atoms with Crippen LogP contribution in [0.15, 0.2) is 18.3 Å². The molecule has 1 rings (SSSR count). The zero-order valence-corrected chi connectivity index (χ0v) is 20.1. The van der Waals surface area contributed by atoms with Gasteiger partial charge in [-0.1, -0.05) is 0 Å². The van der Waals surface area contributed by atoms with Crippen molar-refractivity contribution in [1.29, 1.82) is 0 Å². The van der Waals surface area contributed by atoms with E-state index in [1.54, 1.807) is 0 Å². The van der Waals surface area contributed by atoms with Crippen molar-refractivity contribution in [3.05, 3.63) is 24.0 Å². The Morgan fingerprint density at radius 2 is 1.48 bits per heavy atom. The van der Waals surface area contributed by atoms with Crippen molar-refractivity contribution < 1.29 is 5.11 Å². The van der Waals surface area contributed by atoms with Crippen molar-refractivity contribution in [2.24, 2.45) is 0 Å². The Morgan fingerprint density at radius 3 is 1.92 bits per heavy atom. The van der Waals surface area contributed by atoms with Crippen LogP contribution in [0.1, 0.15) is 98.1 Å². The molecule has 0 aliphatic carbocycles. The van der Waals surface area contributed by atoms with Crippen LogP contribution in [-0.4, -0.2) is 36.8 Å². The summed E-state index contributed by atoms with van der Waals surface area (Å²) in [6, 6.07) is 4.42. The number of aromatic nitrogens is 1. The van der Waals surface area contributed by atoms with E-state index in [0.29, 0.717) is 9.85 Å². The van der Waals surface area contributed by atoms with Gasteiger partial charge in [0.25, 0.3) is 0 Å². The van der Waals surface area contributed by atoms with Gasteiger partial charge in [0.1, 0.15) is 0 Å². The molecule has 0 fully saturated rings. The fourth-order valence-electron chi connectivity index (χ4n) is 3.50. The van der Waals surface area contributed by atoms with Gasteiger partial charge in [-0.05, 0) is 0 Å². The predicted molar refractivity (Wildman–Crippen MR) is 111 cm³/mol. The number of unbranched alkanes of at least 4 members (excludes halogenated alkanes) is 3. The third-order valence-electron chi connectivity index (χ3n) is 4.92. The molecule has 1 N–H and O–H groups in total. The Labute approximate surface area is 166 Å². The molecular weight excluding hydrogens is 413 g/mol. The molecule has 0 aliphatic heterocycles. The number of pyridine rings is 1. The first-order chi connectivity index (χ1) is 11.9. The summed E-state index contributed by atoms with van der Waals surface area (Å²) >= 11 is -0.785. The van der Waals surface area contributed by atoms with Crippen molar-refractivity contribution in [3.8, 4) is 0 Å². The molecule has 0 aliphatic rings. The van der Waals surface area contributed by atoms with E-state index < -0.39 is 26.7 Å².